The number of aromatic nitrogens is 3. The number of rotatable bonds is 0. The van der Waals surface area contributed by atoms with Crippen LogP contribution in [-0.2, 0) is 6.18 Å². The summed E-state index contributed by atoms with van der Waals surface area (Å²) in [5.41, 5.74) is -0.140. The molecular weight excluding hydrogens is 195 g/mol. The lowest BCUT2D eigenvalue weighted by molar-refractivity contribution is -0.138. The predicted octanol–water partition coefficient (Wildman–Crippen LogP) is 2.06. The van der Waals surface area contributed by atoms with Crippen molar-refractivity contribution >= 4 is 5.78 Å². The second-order valence-corrected chi connectivity index (χ2v) is 2.93. The second-order valence-electron chi connectivity index (χ2n) is 2.93. The first-order chi connectivity index (χ1) is 6.47. The first-order valence-corrected chi connectivity index (χ1v) is 3.85. The summed E-state index contributed by atoms with van der Waals surface area (Å²) in [6.45, 7) is 1.70. The Hall–Kier alpha value is -1.59. The van der Waals surface area contributed by atoms with Crippen LogP contribution in [0, 0.1) is 6.92 Å². The Morgan fingerprint density at radius 1 is 1.29 bits per heavy atom. The molecule has 14 heavy (non-hydrogen) atoms. The molecule has 0 saturated heterocycles. The number of aryl methyl sites for hydroxylation is 1. The Bertz CT molecular complexity index is 472. The molecule has 0 radical (unpaired) electrons. The minimum Gasteiger partial charge on any atom is -0.290 e. The minimum atomic E-state index is -4.36. The maximum absolute atomic E-state index is 12.2. The second kappa shape index (κ2) is 2.70. The SMILES string of the molecule is Cc1cn2cc(C(F)(F)F)cnc2n1. The lowest BCUT2D eigenvalue weighted by Gasteiger charge is -2.05. The Morgan fingerprint density at radius 3 is 2.64 bits per heavy atom. The highest BCUT2D eigenvalue weighted by Gasteiger charge is 2.31. The van der Waals surface area contributed by atoms with Crippen LogP contribution < -0.4 is 0 Å². The predicted molar refractivity (Wildman–Crippen MR) is 42.7 cm³/mol. The van der Waals surface area contributed by atoms with Gasteiger partial charge in [-0.25, -0.2) is 9.97 Å². The van der Waals surface area contributed by atoms with Crippen LogP contribution in [0.1, 0.15) is 11.3 Å². The summed E-state index contributed by atoms with van der Waals surface area (Å²) in [7, 11) is 0. The molecule has 3 nitrogen and oxygen atoms in total. The summed E-state index contributed by atoms with van der Waals surface area (Å²) in [5.74, 6) is 0.274. The van der Waals surface area contributed by atoms with Crippen molar-refractivity contribution in [2.45, 2.75) is 13.1 Å². The summed E-state index contributed by atoms with van der Waals surface area (Å²) in [4.78, 5) is 7.52. The van der Waals surface area contributed by atoms with E-state index in [9.17, 15) is 13.2 Å². The first-order valence-electron chi connectivity index (χ1n) is 3.85. The molecule has 74 valence electrons. The molecule has 0 bridgehead atoms. The zero-order chi connectivity index (χ0) is 10.3. The van der Waals surface area contributed by atoms with Gasteiger partial charge in [-0.05, 0) is 6.92 Å². The monoisotopic (exact) mass is 201 g/mol. The summed E-state index contributed by atoms with van der Waals surface area (Å²) >= 11 is 0. The molecule has 2 heterocycles. The molecule has 0 fully saturated rings. The van der Waals surface area contributed by atoms with E-state index in [1.165, 1.54) is 10.6 Å². The average molecular weight is 201 g/mol. The first kappa shape index (κ1) is 8.98. The Morgan fingerprint density at radius 2 is 2.00 bits per heavy atom. The van der Waals surface area contributed by atoms with Crippen LogP contribution in [-0.4, -0.2) is 14.4 Å². The minimum absolute atomic E-state index is 0.274. The van der Waals surface area contributed by atoms with Crippen molar-refractivity contribution in [1.82, 2.24) is 14.4 Å². The molecule has 0 atom stereocenters. The maximum atomic E-state index is 12.2. The van der Waals surface area contributed by atoms with Gasteiger partial charge in [0.25, 0.3) is 0 Å². The zero-order valence-electron chi connectivity index (χ0n) is 7.21. The molecule has 0 unspecified atom stereocenters. The largest absolute Gasteiger partial charge is 0.419 e. The van der Waals surface area contributed by atoms with Gasteiger partial charge in [0.05, 0.1) is 11.3 Å². The van der Waals surface area contributed by atoms with Gasteiger partial charge < -0.3 is 0 Å². The molecule has 0 aliphatic heterocycles. The van der Waals surface area contributed by atoms with E-state index in [2.05, 4.69) is 9.97 Å². The van der Waals surface area contributed by atoms with Gasteiger partial charge in [-0.2, -0.15) is 13.2 Å². The van der Waals surface area contributed by atoms with Gasteiger partial charge in [-0.1, -0.05) is 0 Å². The normalized spacial score (nSPS) is 12.3. The molecule has 0 saturated carbocycles. The maximum Gasteiger partial charge on any atom is 0.419 e. The topological polar surface area (TPSA) is 30.2 Å². The summed E-state index contributed by atoms with van der Waals surface area (Å²) in [5, 5.41) is 0. The molecule has 6 heteroatoms. The average Bonchev–Trinajstić information content (AvgIpc) is 2.41. The standard InChI is InChI=1S/C8H6F3N3/c1-5-3-14-4-6(8(9,10)11)2-12-7(14)13-5/h2-4H,1H3. The van der Waals surface area contributed by atoms with Crippen LogP contribution in [0.25, 0.3) is 5.78 Å². The highest BCUT2D eigenvalue weighted by atomic mass is 19.4. The molecule has 0 aromatic carbocycles. The van der Waals surface area contributed by atoms with Crippen molar-refractivity contribution in [3.05, 3.63) is 29.8 Å². The van der Waals surface area contributed by atoms with Crippen molar-refractivity contribution < 1.29 is 13.2 Å². The molecule has 0 aliphatic carbocycles. The smallest absolute Gasteiger partial charge is 0.290 e. The van der Waals surface area contributed by atoms with Crippen LogP contribution >= 0.6 is 0 Å². The molecule has 0 aliphatic rings. The fourth-order valence-corrected chi connectivity index (χ4v) is 1.15. The molecule has 0 N–H and O–H groups in total. The quantitative estimate of drug-likeness (QED) is 0.653. The van der Waals surface area contributed by atoms with E-state index in [0.29, 0.717) is 5.69 Å². The summed E-state index contributed by atoms with van der Waals surface area (Å²) < 4.78 is 38.0. The lowest BCUT2D eigenvalue weighted by atomic mass is 10.3. The molecule has 0 amide bonds. The third kappa shape index (κ3) is 1.43. The van der Waals surface area contributed by atoms with Gasteiger partial charge >= 0.3 is 6.18 Å². The third-order valence-electron chi connectivity index (χ3n) is 1.76. The van der Waals surface area contributed by atoms with Crippen LogP contribution in [0.4, 0.5) is 13.2 Å². The van der Waals surface area contributed by atoms with Gasteiger partial charge in [0.2, 0.25) is 5.78 Å². The zero-order valence-corrected chi connectivity index (χ0v) is 7.21. The van der Waals surface area contributed by atoms with E-state index >= 15 is 0 Å². The Balaban J connectivity index is 2.62. The van der Waals surface area contributed by atoms with Gasteiger partial charge in [0, 0.05) is 18.6 Å². The highest BCUT2D eigenvalue weighted by molar-refractivity contribution is 5.31. The van der Waals surface area contributed by atoms with E-state index in [1.807, 2.05) is 0 Å². The lowest BCUT2D eigenvalue weighted by Crippen LogP contribution is -2.07. The highest BCUT2D eigenvalue weighted by Crippen LogP contribution is 2.28. The fourth-order valence-electron chi connectivity index (χ4n) is 1.15. The molecular formula is C8H6F3N3. The van der Waals surface area contributed by atoms with Crippen molar-refractivity contribution in [2.24, 2.45) is 0 Å². The summed E-state index contributed by atoms with van der Waals surface area (Å²) in [6.07, 6.45) is -1.11. The number of halogens is 3. The van der Waals surface area contributed by atoms with Crippen LogP contribution in [0.5, 0.6) is 0 Å². The number of hydrogen-bond acceptors (Lipinski definition) is 2. The van der Waals surface area contributed by atoms with Crippen molar-refractivity contribution in [1.29, 1.82) is 0 Å². The number of fused-ring (bicyclic) bond motifs is 1. The Kier molecular flexibility index (Phi) is 1.73. The number of hydrogen-bond donors (Lipinski definition) is 0. The van der Waals surface area contributed by atoms with Gasteiger partial charge in [0.15, 0.2) is 0 Å². The van der Waals surface area contributed by atoms with Crippen molar-refractivity contribution in [2.75, 3.05) is 0 Å². The molecule has 2 aromatic rings. The third-order valence-corrected chi connectivity index (χ3v) is 1.76. The van der Waals surface area contributed by atoms with Gasteiger partial charge in [-0.15, -0.1) is 0 Å². The van der Waals surface area contributed by atoms with E-state index in [1.54, 1.807) is 6.92 Å². The van der Waals surface area contributed by atoms with Crippen LogP contribution in [0.3, 0.4) is 0 Å². The van der Waals surface area contributed by atoms with Crippen LogP contribution in [0.2, 0.25) is 0 Å². The number of alkyl halides is 3. The number of imidazole rings is 1. The number of nitrogens with zero attached hydrogens (tertiary/aromatic N) is 3. The van der Waals surface area contributed by atoms with Gasteiger partial charge in [-0.3, -0.25) is 4.40 Å². The van der Waals surface area contributed by atoms with Crippen molar-refractivity contribution in [3.8, 4) is 0 Å². The molecule has 2 aromatic heterocycles. The summed E-state index contributed by atoms with van der Waals surface area (Å²) in [6, 6.07) is 0. The van der Waals surface area contributed by atoms with E-state index in [-0.39, 0.29) is 5.78 Å². The Labute approximate surface area is 77.2 Å². The molecule has 0 spiro atoms. The van der Waals surface area contributed by atoms with Gasteiger partial charge in [0.1, 0.15) is 0 Å². The van der Waals surface area contributed by atoms with E-state index in [4.69, 9.17) is 0 Å². The molecule has 2 rings (SSSR count). The fraction of sp³-hybridized carbons (Fsp3) is 0.250. The van der Waals surface area contributed by atoms with Crippen molar-refractivity contribution in [3.63, 3.8) is 0 Å². The van der Waals surface area contributed by atoms with E-state index < -0.39 is 11.7 Å². The van der Waals surface area contributed by atoms with E-state index in [0.717, 1.165) is 12.4 Å². The van der Waals surface area contributed by atoms with Crippen LogP contribution in [0.15, 0.2) is 18.6 Å².